The minimum Gasteiger partial charge on any atom is -0.457 e. The van der Waals surface area contributed by atoms with Gasteiger partial charge in [-0.15, -0.1) is 0 Å². The molecule has 0 amide bonds. The van der Waals surface area contributed by atoms with Crippen LogP contribution in [0.3, 0.4) is 0 Å². The molecule has 1 nitrogen and oxygen atoms in total. The molecule has 7 aromatic carbocycles. The van der Waals surface area contributed by atoms with Crippen molar-refractivity contribution in [2.45, 2.75) is 24.2 Å². The van der Waals surface area contributed by atoms with Gasteiger partial charge in [-0.1, -0.05) is 158 Å². The molecule has 238 valence electrons. The van der Waals surface area contributed by atoms with E-state index < -0.39 is 0 Å². The van der Waals surface area contributed by atoms with Gasteiger partial charge >= 0.3 is 0 Å². The third kappa shape index (κ3) is 4.07. The maximum atomic E-state index is 6.72. The zero-order valence-corrected chi connectivity index (χ0v) is 28.0. The zero-order chi connectivity index (χ0) is 33.3. The molecule has 0 N–H and O–H groups in total. The minimum absolute atomic E-state index is 0.195. The van der Waals surface area contributed by atoms with E-state index in [2.05, 4.69) is 189 Å². The fraction of sp³-hybridized carbons (Fsp3) is 0.102. The lowest BCUT2D eigenvalue weighted by atomic mass is 9.61. The fourth-order valence-corrected chi connectivity index (χ4v) is 9.31. The normalized spacial score (nSPS) is 21.4. The molecule has 0 fully saturated rings. The number of benzene rings is 7. The van der Waals surface area contributed by atoms with Gasteiger partial charge in [-0.3, -0.25) is 0 Å². The van der Waals surface area contributed by atoms with E-state index in [9.17, 15) is 0 Å². The summed E-state index contributed by atoms with van der Waals surface area (Å²) in [6.45, 7) is 2.33. The highest BCUT2D eigenvalue weighted by molar-refractivity contribution is 5.95. The molecule has 1 aliphatic heterocycles. The van der Waals surface area contributed by atoms with Crippen LogP contribution >= 0.6 is 0 Å². The smallest absolute Gasteiger partial charge is 0.132 e. The Kier molecular flexibility index (Phi) is 6.42. The molecule has 50 heavy (non-hydrogen) atoms. The summed E-state index contributed by atoms with van der Waals surface area (Å²) in [7, 11) is 0. The Labute approximate surface area is 293 Å². The van der Waals surface area contributed by atoms with E-state index in [1.165, 1.54) is 66.4 Å². The van der Waals surface area contributed by atoms with Gasteiger partial charge in [0.1, 0.15) is 11.5 Å². The van der Waals surface area contributed by atoms with Crippen molar-refractivity contribution in [3.63, 3.8) is 0 Å². The SMILES string of the molecule is CC1(c2ccccc2)c2ccccc2Oc2cc(C3=CC(C4(c5ccccc5)c5ccccc5-c5cc6ccccc6cc54)CC=C3)ccc21. The van der Waals surface area contributed by atoms with Crippen molar-refractivity contribution in [3.05, 3.63) is 221 Å². The van der Waals surface area contributed by atoms with Gasteiger partial charge in [0.05, 0.1) is 5.41 Å². The molecule has 0 radical (unpaired) electrons. The Bertz CT molecular complexity index is 2510. The quantitative estimate of drug-likeness (QED) is 0.186. The number of rotatable bonds is 4. The lowest BCUT2D eigenvalue weighted by Crippen LogP contribution is -2.35. The van der Waals surface area contributed by atoms with Crippen LogP contribution in [0, 0.1) is 5.92 Å². The van der Waals surface area contributed by atoms with Crippen LogP contribution in [0.2, 0.25) is 0 Å². The Morgan fingerprint density at radius 3 is 1.96 bits per heavy atom. The van der Waals surface area contributed by atoms with Crippen LogP contribution in [0.5, 0.6) is 11.5 Å². The lowest BCUT2D eigenvalue weighted by Gasteiger charge is -2.40. The molecule has 0 saturated carbocycles. The van der Waals surface area contributed by atoms with E-state index in [1.807, 2.05) is 0 Å². The molecule has 0 aromatic heterocycles. The predicted molar refractivity (Wildman–Crippen MR) is 206 cm³/mol. The summed E-state index contributed by atoms with van der Waals surface area (Å²) in [6.07, 6.45) is 8.19. The summed E-state index contributed by atoms with van der Waals surface area (Å²) in [4.78, 5) is 0. The summed E-state index contributed by atoms with van der Waals surface area (Å²) >= 11 is 0. The summed E-state index contributed by atoms with van der Waals surface area (Å²) in [6, 6.07) is 60.2. The van der Waals surface area contributed by atoms with Crippen molar-refractivity contribution in [1.82, 2.24) is 0 Å². The molecule has 1 heterocycles. The summed E-state index contributed by atoms with van der Waals surface area (Å²) in [5.74, 6) is 2.04. The second-order valence-electron chi connectivity index (χ2n) is 14.1. The number of hydrogen-bond donors (Lipinski definition) is 0. The largest absolute Gasteiger partial charge is 0.457 e. The maximum absolute atomic E-state index is 6.72. The lowest BCUT2D eigenvalue weighted by molar-refractivity contribution is 0.427. The Balaban J connectivity index is 1.16. The average molecular weight is 641 g/mol. The van der Waals surface area contributed by atoms with Crippen LogP contribution in [-0.2, 0) is 10.8 Å². The van der Waals surface area contributed by atoms with Gasteiger partial charge in [0.2, 0.25) is 0 Å². The number of ether oxygens (including phenoxy) is 1. The highest BCUT2D eigenvalue weighted by Crippen LogP contribution is 2.59. The number of hydrogen-bond acceptors (Lipinski definition) is 1. The molecule has 0 bridgehead atoms. The van der Waals surface area contributed by atoms with Gasteiger partial charge in [-0.25, -0.2) is 0 Å². The van der Waals surface area contributed by atoms with Crippen molar-refractivity contribution in [1.29, 1.82) is 0 Å². The Hall–Kier alpha value is -5.92. The number of allylic oxidation sites excluding steroid dienone is 4. The van der Waals surface area contributed by atoms with Gasteiger partial charge in [-0.2, -0.15) is 0 Å². The van der Waals surface area contributed by atoms with Crippen molar-refractivity contribution in [3.8, 4) is 22.6 Å². The first-order valence-corrected chi connectivity index (χ1v) is 17.7. The first kappa shape index (κ1) is 29.0. The first-order valence-electron chi connectivity index (χ1n) is 17.7. The van der Waals surface area contributed by atoms with Crippen LogP contribution in [0.25, 0.3) is 27.5 Å². The second-order valence-corrected chi connectivity index (χ2v) is 14.1. The highest BCUT2D eigenvalue weighted by Gasteiger charge is 2.49. The summed E-state index contributed by atoms with van der Waals surface area (Å²) < 4.78 is 6.72. The van der Waals surface area contributed by atoms with E-state index >= 15 is 0 Å². The van der Waals surface area contributed by atoms with Gasteiger partial charge in [0.15, 0.2) is 0 Å². The molecule has 0 spiro atoms. The first-order chi connectivity index (χ1) is 24.7. The van der Waals surface area contributed by atoms with E-state index in [4.69, 9.17) is 4.74 Å². The van der Waals surface area contributed by atoms with E-state index in [1.54, 1.807) is 0 Å². The third-order valence-electron chi connectivity index (χ3n) is 11.7. The van der Waals surface area contributed by atoms with Crippen LogP contribution in [0.1, 0.15) is 52.3 Å². The van der Waals surface area contributed by atoms with Crippen LogP contribution in [0.4, 0.5) is 0 Å². The Morgan fingerprint density at radius 2 is 1.16 bits per heavy atom. The Morgan fingerprint density at radius 1 is 0.520 bits per heavy atom. The molecular formula is C49H36O. The highest BCUT2D eigenvalue weighted by atomic mass is 16.5. The monoisotopic (exact) mass is 640 g/mol. The van der Waals surface area contributed by atoms with Crippen molar-refractivity contribution in [2.75, 3.05) is 0 Å². The van der Waals surface area contributed by atoms with E-state index in [0.717, 1.165) is 17.9 Å². The predicted octanol–water partition coefficient (Wildman–Crippen LogP) is 12.3. The topological polar surface area (TPSA) is 9.23 Å². The zero-order valence-electron chi connectivity index (χ0n) is 28.0. The molecule has 2 aliphatic carbocycles. The van der Waals surface area contributed by atoms with Gasteiger partial charge in [0, 0.05) is 16.5 Å². The summed E-state index contributed by atoms with van der Waals surface area (Å²) in [5, 5.41) is 2.56. The molecule has 3 unspecified atom stereocenters. The van der Waals surface area contributed by atoms with Crippen LogP contribution < -0.4 is 4.74 Å². The van der Waals surface area contributed by atoms with E-state index in [-0.39, 0.29) is 16.7 Å². The fourth-order valence-electron chi connectivity index (χ4n) is 9.31. The molecule has 3 aliphatic rings. The van der Waals surface area contributed by atoms with E-state index in [0.29, 0.717) is 0 Å². The molecule has 7 aromatic rings. The number of fused-ring (bicyclic) bond motifs is 6. The van der Waals surface area contributed by atoms with Crippen LogP contribution in [0.15, 0.2) is 182 Å². The molecular weight excluding hydrogens is 605 g/mol. The summed E-state index contributed by atoms with van der Waals surface area (Å²) in [5.41, 5.74) is 12.2. The molecule has 3 atom stereocenters. The van der Waals surface area contributed by atoms with Crippen molar-refractivity contribution >= 4 is 16.3 Å². The standard InChI is InChI=1S/C49H36O/c1-48(37-18-4-2-5-19-37)43-25-12-13-26-46(43)50-47-32-36(27-28-44(47)48)33-17-14-22-39(29-33)49(38-20-6-3-7-21-38)42-24-11-10-23-40(42)41-30-34-15-8-9-16-35(34)31-45(41)49/h2-21,23-32,39H,22H2,1H3. The van der Waals surface area contributed by atoms with Crippen molar-refractivity contribution < 1.29 is 4.74 Å². The van der Waals surface area contributed by atoms with Gasteiger partial charge in [0.25, 0.3) is 0 Å². The maximum Gasteiger partial charge on any atom is 0.132 e. The van der Waals surface area contributed by atoms with Gasteiger partial charge < -0.3 is 4.74 Å². The third-order valence-corrected chi connectivity index (χ3v) is 11.7. The minimum atomic E-state index is -0.344. The van der Waals surface area contributed by atoms with Gasteiger partial charge in [-0.05, 0) is 98.8 Å². The second kappa shape index (κ2) is 11.1. The van der Waals surface area contributed by atoms with Crippen LogP contribution in [-0.4, -0.2) is 0 Å². The molecule has 1 heteroatoms. The average Bonchev–Trinajstić information content (AvgIpc) is 3.47. The van der Waals surface area contributed by atoms with Crippen molar-refractivity contribution in [2.24, 2.45) is 5.92 Å². The molecule has 0 saturated heterocycles. The molecule has 10 rings (SSSR count). The number of para-hydroxylation sites is 1.